The molecule has 19 heavy (non-hydrogen) atoms. The number of aromatic nitrogens is 1. The molecule has 102 valence electrons. The van der Waals surface area contributed by atoms with Crippen molar-refractivity contribution in [3.8, 4) is 0 Å². The molecular formula is C16H21NOS. The highest BCUT2D eigenvalue weighted by molar-refractivity contribution is 7.99. The predicted molar refractivity (Wildman–Crippen MR) is 83.6 cm³/mol. The largest absolute Gasteiger partial charge is 0.392 e. The summed E-state index contributed by atoms with van der Waals surface area (Å²) in [6.45, 7) is 4.41. The minimum absolute atomic E-state index is 0.283. The van der Waals surface area contributed by atoms with Crippen LogP contribution in [0.4, 0.5) is 0 Å². The molecule has 0 saturated carbocycles. The molecule has 0 spiro atoms. The number of fused-ring (bicyclic) bond motifs is 1. The highest BCUT2D eigenvalue weighted by Crippen LogP contribution is 2.19. The fraction of sp³-hybridized carbons (Fsp3) is 0.438. The van der Waals surface area contributed by atoms with E-state index in [0.29, 0.717) is 12.3 Å². The Morgan fingerprint density at radius 3 is 2.74 bits per heavy atom. The summed E-state index contributed by atoms with van der Waals surface area (Å²) in [6, 6.07) is 10.1. The van der Waals surface area contributed by atoms with Gasteiger partial charge in [-0.25, -0.2) is 0 Å². The monoisotopic (exact) mass is 275 g/mol. The maximum atomic E-state index is 10.1. The molecule has 2 rings (SSSR count). The molecule has 1 aromatic carbocycles. The molecule has 0 radical (unpaired) electrons. The number of rotatable bonds is 6. The van der Waals surface area contributed by atoms with Gasteiger partial charge in [0.05, 0.1) is 11.6 Å². The Morgan fingerprint density at radius 2 is 1.95 bits per heavy atom. The maximum absolute atomic E-state index is 10.1. The van der Waals surface area contributed by atoms with Crippen LogP contribution in [0.5, 0.6) is 0 Å². The highest BCUT2D eigenvalue weighted by Gasteiger charge is 2.09. The summed E-state index contributed by atoms with van der Waals surface area (Å²) in [7, 11) is 0. The van der Waals surface area contributed by atoms with Crippen LogP contribution in [0.15, 0.2) is 36.5 Å². The standard InChI is InChI=1S/C16H21NOS/c1-12(2)10-19-11-14(18)9-13-7-8-17-16-6-4-3-5-15(13)16/h3-8,12,14,18H,9-11H2,1-2H3. The summed E-state index contributed by atoms with van der Waals surface area (Å²) in [5.41, 5.74) is 2.19. The Bertz CT molecular complexity index is 522. The number of aliphatic hydroxyl groups excluding tert-OH is 1. The van der Waals surface area contributed by atoms with Gasteiger partial charge in [0.15, 0.2) is 0 Å². The van der Waals surface area contributed by atoms with Crippen LogP contribution in [0.1, 0.15) is 19.4 Å². The normalized spacial score (nSPS) is 13.1. The minimum Gasteiger partial charge on any atom is -0.392 e. The van der Waals surface area contributed by atoms with E-state index in [4.69, 9.17) is 0 Å². The summed E-state index contributed by atoms with van der Waals surface area (Å²) in [4.78, 5) is 4.35. The first-order chi connectivity index (χ1) is 9.16. The van der Waals surface area contributed by atoms with Crippen molar-refractivity contribution in [1.82, 2.24) is 4.98 Å². The van der Waals surface area contributed by atoms with E-state index >= 15 is 0 Å². The number of hydrogen-bond acceptors (Lipinski definition) is 3. The van der Waals surface area contributed by atoms with E-state index < -0.39 is 0 Å². The molecule has 0 fully saturated rings. The molecule has 2 nitrogen and oxygen atoms in total. The van der Waals surface area contributed by atoms with Crippen LogP contribution in [0.2, 0.25) is 0 Å². The lowest BCUT2D eigenvalue weighted by molar-refractivity contribution is 0.200. The van der Waals surface area contributed by atoms with E-state index in [0.717, 1.165) is 22.4 Å². The molecule has 0 aliphatic rings. The van der Waals surface area contributed by atoms with E-state index in [1.807, 2.05) is 42.2 Å². The number of hydrogen-bond donors (Lipinski definition) is 1. The van der Waals surface area contributed by atoms with Crippen LogP contribution in [-0.2, 0) is 6.42 Å². The zero-order valence-corrected chi connectivity index (χ0v) is 12.4. The van der Waals surface area contributed by atoms with Gasteiger partial charge in [-0.2, -0.15) is 11.8 Å². The SMILES string of the molecule is CC(C)CSCC(O)Cc1ccnc2ccccc12. The average Bonchev–Trinajstić information content (AvgIpc) is 2.39. The third kappa shape index (κ3) is 4.22. The van der Waals surface area contributed by atoms with Gasteiger partial charge in [-0.3, -0.25) is 4.98 Å². The molecule has 0 amide bonds. The molecule has 1 atom stereocenters. The second-order valence-electron chi connectivity index (χ2n) is 5.28. The lowest BCUT2D eigenvalue weighted by Crippen LogP contribution is -2.14. The second kappa shape index (κ2) is 6.92. The summed E-state index contributed by atoms with van der Waals surface area (Å²) in [5.74, 6) is 2.59. The maximum Gasteiger partial charge on any atom is 0.0704 e. The quantitative estimate of drug-likeness (QED) is 0.875. The summed E-state index contributed by atoms with van der Waals surface area (Å²) < 4.78 is 0. The second-order valence-corrected chi connectivity index (χ2v) is 6.35. The van der Waals surface area contributed by atoms with Crippen molar-refractivity contribution in [2.75, 3.05) is 11.5 Å². The number of para-hydroxylation sites is 1. The number of benzene rings is 1. The molecule has 1 N–H and O–H groups in total. The van der Waals surface area contributed by atoms with Gasteiger partial charge in [0, 0.05) is 17.3 Å². The number of thioether (sulfide) groups is 1. The molecule has 0 bridgehead atoms. The lowest BCUT2D eigenvalue weighted by atomic mass is 10.0. The summed E-state index contributed by atoms with van der Waals surface area (Å²) in [5, 5.41) is 11.3. The first-order valence-electron chi connectivity index (χ1n) is 6.75. The molecule has 0 aliphatic carbocycles. The third-order valence-corrected chi connectivity index (χ3v) is 4.48. The van der Waals surface area contributed by atoms with Crippen molar-refractivity contribution in [2.24, 2.45) is 5.92 Å². The highest BCUT2D eigenvalue weighted by atomic mass is 32.2. The zero-order valence-electron chi connectivity index (χ0n) is 11.5. The molecular weight excluding hydrogens is 254 g/mol. The van der Waals surface area contributed by atoms with Crippen LogP contribution in [0.25, 0.3) is 10.9 Å². The molecule has 1 aromatic heterocycles. The Balaban J connectivity index is 2.00. The first kappa shape index (κ1) is 14.4. The van der Waals surface area contributed by atoms with Crippen LogP contribution in [-0.4, -0.2) is 27.7 Å². The molecule has 0 saturated heterocycles. The van der Waals surface area contributed by atoms with E-state index in [-0.39, 0.29) is 6.10 Å². The van der Waals surface area contributed by atoms with Crippen molar-refractivity contribution in [2.45, 2.75) is 26.4 Å². The third-order valence-electron chi connectivity index (χ3n) is 2.96. The van der Waals surface area contributed by atoms with E-state index in [1.54, 1.807) is 0 Å². The van der Waals surface area contributed by atoms with E-state index in [2.05, 4.69) is 24.9 Å². The van der Waals surface area contributed by atoms with E-state index in [9.17, 15) is 5.11 Å². The van der Waals surface area contributed by atoms with Crippen molar-refractivity contribution >= 4 is 22.7 Å². The zero-order chi connectivity index (χ0) is 13.7. The lowest BCUT2D eigenvalue weighted by Gasteiger charge is -2.13. The molecule has 0 aliphatic heterocycles. The predicted octanol–water partition coefficient (Wildman–Crippen LogP) is 3.53. The van der Waals surface area contributed by atoms with Crippen LogP contribution < -0.4 is 0 Å². The van der Waals surface area contributed by atoms with Gasteiger partial charge in [0.1, 0.15) is 0 Å². The average molecular weight is 275 g/mol. The number of aliphatic hydroxyl groups is 1. The van der Waals surface area contributed by atoms with Crippen molar-refractivity contribution < 1.29 is 5.11 Å². The molecule has 1 unspecified atom stereocenters. The van der Waals surface area contributed by atoms with Gasteiger partial charge in [0.2, 0.25) is 0 Å². The Morgan fingerprint density at radius 1 is 1.16 bits per heavy atom. The molecule has 2 aromatic rings. The van der Waals surface area contributed by atoms with Crippen LogP contribution in [0, 0.1) is 5.92 Å². The minimum atomic E-state index is -0.283. The van der Waals surface area contributed by atoms with Gasteiger partial charge >= 0.3 is 0 Å². The smallest absolute Gasteiger partial charge is 0.0704 e. The van der Waals surface area contributed by atoms with Crippen molar-refractivity contribution in [1.29, 1.82) is 0 Å². The fourth-order valence-electron chi connectivity index (χ4n) is 2.09. The van der Waals surface area contributed by atoms with Crippen LogP contribution in [0.3, 0.4) is 0 Å². The summed E-state index contributed by atoms with van der Waals surface area (Å²) >= 11 is 1.83. The Kier molecular flexibility index (Phi) is 5.23. The number of nitrogens with zero attached hydrogens (tertiary/aromatic N) is 1. The van der Waals surface area contributed by atoms with Gasteiger partial charge in [-0.15, -0.1) is 0 Å². The summed E-state index contributed by atoms with van der Waals surface area (Å²) in [6.07, 6.45) is 2.24. The Labute approximate surface area is 119 Å². The number of pyridine rings is 1. The topological polar surface area (TPSA) is 33.1 Å². The van der Waals surface area contributed by atoms with Gasteiger partial charge < -0.3 is 5.11 Å². The van der Waals surface area contributed by atoms with Crippen molar-refractivity contribution in [3.05, 3.63) is 42.1 Å². The van der Waals surface area contributed by atoms with Gasteiger partial charge in [0.25, 0.3) is 0 Å². The Hall–Kier alpha value is -1.06. The molecule has 1 heterocycles. The fourth-order valence-corrected chi connectivity index (χ4v) is 3.08. The van der Waals surface area contributed by atoms with Crippen molar-refractivity contribution in [3.63, 3.8) is 0 Å². The van der Waals surface area contributed by atoms with Gasteiger partial charge in [-0.05, 0) is 35.8 Å². The first-order valence-corrected chi connectivity index (χ1v) is 7.90. The molecule has 3 heteroatoms. The van der Waals surface area contributed by atoms with Crippen LogP contribution >= 0.6 is 11.8 Å². The van der Waals surface area contributed by atoms with E-state index in [1.165, 1.54) is 5.56 Å². The van der Waals surface area contributed by atoms with Gasteiger partial charge in [-0.1, -0.05) is 32.0 Å².